The molecule has 0 saturated heterocycles. The molecule has 0 radical (unpaired) electrons. The van der Waals surface area contributed by atoms with Gasteiger partial charge in [0.25, 0.3) is 0 Å². The van der Waals surface area contributed by atoms with Crippen LogP contribution in [0.25, 0.3) is 0 Å². The third-order valence-electron chi connectivity index (χ3n) is 1.84. The van der Waals surface area contributed by atoms with Crippen molar-refractivity contribution in [3.63, 3.8) is 0 Å². The Hall–Kier alpha value is -0.830. The van der Waals surface area contributed by atoms with E-state index in [1.54, 1.807) is 6.07 Å². The number of carbonyl (C=O) groups excluding carboxylic acids is 1. The fourth-order valence-corrected chi connectivity index (χ4v) is 1.72. The first kappa shape index (κ1) is 10.3. The van der Waals surface area contributed by atoms with Gasteiger partial charge in [0.1, 0.15) is 12.3 Å². The van der Waals surface area contributed by atoms with Crippen LogP contribution in [0.4, 0.5) is 4.39 Å². The molecule has 1 rings (SSSR count). The van der Waals surface area contributed by atoms with Gasteiger partial charge in [-0.05, 0) is 24.1 Å². The Labute approximate surface area is 81.3 Å². The van der Waals surface area contributed by atoms with E-state index < -0.39 is 0 Å². The molecule has 13 heavy (non-hydrogen) atoms. The van der Waals surface area contributed by atoms with Gasteiger partial charge in [-0.15, -0.1) is 11.8 Å². The summed E-state index contributed by atoms with van der Waals surface area (Å²) in [6.07, 6.45) is 0.819. The van der Waals surface area contributed by atoms with Crippen LogP contribution in [0, 0.1) is 6.92 Å². The Morgan fingerprint density at radius 2 is 2.31 bits per heavy atom. The van der Waals surface area contributed by atoms with Crippen molar-refractivity contribution in [2.24, 2.45) is 0 Å². The molecule has 0 aliphatic rings. The lowest BCUT2D eigenvalue weighted by Crippen LogP contribution is -1.89. The summed E-state index contributed by atoms with van der Waals surface area (Å²) in [5, 5.41) is 0. The Morgan fingerprint density at radius 1 is 1.54 bits per heavy atom. The highest BCUT2D eigenvalue weighted by atomic mass is 32.2. The van der Waals surface area contributed by atoms with Gasteiger partial charge in [-0.2, -0.15) is 0 Å². The quantitative estimate of drug-likeness (QED) is 0.692. The van der Waals surface area contributed by atoms with Crippen LogP contribution in [0.1, 0.15) is 21.5 Å². The van der Waals surface area contributed by atoms with Crippen molar-refractivity contribution in [2.75, 3.05) is 6.01 Å². The lowest BCUT2D eigenvalue weighted by molar-refractivity contribution is 0.112. The Balaban J connectivity index is 2.79. The number of carbonyl (C=O) groups is 1. The zero-order chi connectivity index (χ0) is 9.68. The van der Waals surface area contributed by atoms with E-state index in [1.165, 1.54) is 11.8 Å². The molecule has 3 heteroatoms. The van der Waals surface area contributed by atoms with Crippen molar-refractivity contribution in [3.8, 4) is 0 Å². The first-order chi connectivity index (χ1) is 6.27. The number of halogens is 1. The normalized spacial score (nSPS) is 10.0. The number of thioether (sulfide) groups is 1. The van der Waals surface area contributed by atoms with Crippen molar-refractivity contribution in [2.45, 2.75) is 12.7 Å². The van der Waals surface area contributed by atoms with E-state index in [2.05, 4.69) is 0 Å². The second kappa shape index (κ2) is 5.02. The SMILES string of the molecule is Cc1cc(C=O)ccc1CSCF. The van der Waals surface area contributed by atoms with Gasteiger partial charge in [-0.3, -0.25) is 4.79 Å². The molecule has 0 saturated carbocycles. The Bertz CT molecular complexity index is 299. The van der Waals surface area contributed by atoms with Gasteiger partial charge >= 0.3 is 0 Å². The van der Waals surface area contributed by atoms with Gasteiger partial charge in [0.2, 0.25) is 0 Å². The molecule has 1 nitrogen and oxygen atoms in total. The first-order valence-corrected chi connectivity index (χ1v) is 5.12. The molecule has 0 N–H and O–H groups in total. The third-order valence-corrected chi connectivity index (χ3v) is 2.51. The smallest absolute Gasteiger partial charge is 0.150 e. The second-order valence-electron chi connectivity index (χ2n) is 2.76. The maximum atomic E-state index is 11.9. The van der Waals surface area contributed by atoms with E-state index in [-0.39, 0.29) is 6.01 Å². The topological polar surface area (TPSA) is 17.1 Å². The highest BCUT2D eigenvalue weighted by Crippen LogP contribution is 2.17. The number of benzene rings is 1. The molecule has 0 spiro atoms. The Morgan fingerprint density at radius 3 is 2.85 bits per heavy atom. The molecule has 70 valence electrons. The molecule has 0 aromatic heterocycles. The van der Waals surface area contributed by atoms with E-state index in [9.17, 15) is 9.18 Å². The molecule has 0 bridgehead atoms. The maximum absolute atomic E-state index is 11.9. The molecule has 0 heterocycles. The monoisotopic (exact) mass is 198 g/mol. The predicted octanol–water partition coefficient (Wildman–Crippen LogP) is 2.97. The second-order valence-corrected chi connectivity index (χ2v) is 3.68. The standard InChI is InChI=1S/C10H11FOS/c1-8-4-9(5-12)2-3-10(8)6-13-7-11/h2-5H,6-7H2,1H3. The van der Waals surface area contributed by atoms with E-state index in [4.69, 9.17) is 0 Å². The molecule has 0 amide bonds. The fourth-order valence-electron chi connectivity index (χ4n) is 1.10. The zero-order valence-electron chi connectivity index (χ0n) is 7.42. The number of rotatable bonds is 4. The van der Waals surface area contributed by atoms with Gasteiger partial charge in [-0.25, -0.2) is 4.39 Å². The lowest BCUT2D eigenvalue weighted by Gasteiger charge is -2.03. The summed E-state index contributed by atoms with van der Waals surface area (Å²) >= 11 is 1.23. The number of hydrogen-bond acceptors (Lipinski definition) is 2. The van der Waals surface area contributed by atoms with Crippen molar-refractivity contribution in [3.05, 3.63) is 34.9 Å². The summed E-state index contributed by atoms with van der Waals surface area (Å²) in [4.78, 5) is 10.4. The van der Waals surface area contributed by atoms with Crippen molar-refractivity contribution in [1.29, 1.82) is 0 Å². The number of aldehydes is 1. The van der Waals surface area contributed by atoms with Crippen molar-refractivity contribution in [1.82, 2.24) is 0 Å². The molecule has 1 aromatic carbocycles. The third kappa shape index (κ3) is 2.84. The largest absolute Gasteiger partial charge is 0.298 e. The van der Waals surface area contributed by atoms with Gasteiger partial charge in [0.15, 0.2) is 0 Å². The van der Waals surface area contributed by atoms with Crippen LogP contribution < -0.4 is 0 Å². The molecular weight excluding hydrogens is 187 g/mol. The summed E-state index contributed by atoms with van der Waals surface area (Å²) < 4.78 is 11.9. The number of alkyl halides is 1. The van der Waals surface area contributed by atoms with Gasteiger partial charge in [0.05, 0.1) is 0 Å². The van der Waals surface area contributed by atoms with E-state index in [1.807, 2.05) is 19.1 Å². The summed E-state index contributed by atoms with van der Waals surface area (Å²) in [6.45, 7) is 1.93. The van der Waals surface area contributed by atoms with Crippen LogP contribution in [-0.4, -0.2) is 12.3 Å². The first-order valence-electron chi connectivity index (χ1n) is 3.96. The minimum atomic E-state index is -0.366. The van der Waals surface area contributed by atoms with Crippen LogP contribution >= 0.6 is 11.8 Å². The van der Waals surface area contributed by atoms with Gasteiger partial charge in [0, 0.05) is 11.3 Å². The minimum absolute atomic E-state index is 0.366. The van der Waals surface area contributed by atoms with Gasteiger partial charge < -0.3 is 0 Å². The zero-order valence-corrected chi connectivity index (χ0v) is 8.23. The van der Waals surface area contributed by atoms with Gasteiger partial charge in [-0.1, -0.05) is 12.1 Å². The molecule has 0 aliphatic carbocycles. The van der Waals surface area contributed by atoms with Crippen molar-refractivity contribution >= 4 is 18.0 Å². The molecule has 0 unspecified atom stereocenters. The summed E-state index contributed by atoms with van der Waals surface area (Å²) in [5.41, 5.74) is 2.81. The summed E-state index contributed by atoms with van der Waals surface area (Å²) in [6, 6.07) is 5.09. The molecule has 0 fully saturated rings. The van der Waals surface area contributed by atoms with Crippen LogP contribution in [0.2, 0.25) is 0 Å². The number of hydrogen-bond donors (Lipinski definition) is 0. The molecule has 1 aromatic rings. The lowest BCUT2D eigenvalue weighted by atomic mass is 10.1. The van der Waals surface area contributed by atoms with E-state index in [0.717, 1.165) is 17.4 Å². The fraction of sp³-hybridized carbons (Fsp3) is 0.300. The summed E-state index contributed by atoms with van der Waals surface area (Å²) in [5.74, 6) is 0.668. The number of aryl methyl sites for hydroxylation is 1. The maximum Gasteiger partial charge on any atom is 0.150 e. The predicted molar refractivity (Wildman–Crippen MR) is 53.8 cm³/mol. The van der Waals surface area contributed by atoms with E-state index in [0.29, 0.717) is 11.3 Å². The Kier molecular flexibility index (Phi) is 3.96. The summed E-state index contributed by atoms with van der Waals surface area (Å²) in [7, 11) is 0. The molecule has 0 aliphatic heterocycles. The highest BCUT2D eigenvalue weighted by Gasteiger charge is 1.99. The van der Waals surface area contributed by atoms with Crippen LogP contribution in [0.3, 0.4) is 0 Å². The van der Waals surface area contributed by atoms with Crippen LogP contribution in [0.5, 0.6) is 0 Å². The highest BCUT2D eigenvalue weighted by molar-refractivity contribution is 7.98. The van der Waals surface area contributed by atoms with Crippen molar-refractivity contribution < 1.29 is 9.18 Å². The van der Waals surface area contributed by atoms with Crippen LogP contribution in [-0.2, 0) is 5.75 Å². The minimum Gasteiger partial charge on any atom is -0.298 e. The van der Waals surface area contributed by atoms with E-state index >= 15 is 0 Å². The molecule has 0 atom stereocenters. The average Bonchev–Trinajstić information content (AvgIpc) is 2.16. The molecular formula is C10H11FOS. The van der Waals surface area contributed by atoms with Crippen LogP contribution in [0.15, 0.2) is 18.2 Å². The average molecular weight is 198 g/mol.